The number of amides is 2. The minimum absolute atomic E-state index is 0.240. The van der Waals surface area contributed by atoms with E-state index >= 15 is 0 Å². The van der Waals surface area contributed by atoms with Gasteiger partial charge < -0.3 is 15.7 Å². The van der Waals surface area contributed by atoms with Crippen LogP contribution in [-0.4, -0.2) is 28.8 Å². The SMILES string of the molecule is CCC(CC)C(O)CNC(=O)NCc1cscn1. The Kier molecular flexibility index (Phi) is 6.67. The minimum atomic E-state index is -0.481. The molecule has 6 heteroatoms. The van der Waals surface area contributed by atoms with Gasteiger partial charge in [-0.25, -0.2) is 9.78 Å². The number of urea groups is 1. The summed E-state index contributed by atoms with van der Waals surface area (Å²) in [5.41, 5.74) is 2.57. The number of thiazole rings is 1. The second-order valence-corrected chi connectivity index (χ2v) is 4.91. The van der Waals surface area contributed by atoms with Crippen LogP contribution in [0.1, 0.15) is 32.4 Å². The lowest BCUT2D eigenvalue weighted by Crippen LogP contribution is -2.41. The zero-order valence-corrected chi connectivity index (χ0v) is 11.7. The van der Waals surface area contributed by atoms with Crippen molar-refractivity contribution in [2.24, 2.45) is 5.92 Å². The molecule has 18 heavy (non-hydrogen) atoms. The van der Waals surface area contributed by atoms with Crippen LogP contribution in [0.3, 0.4) is 0 Å². The molecular formula is C12H21N3O2S. The van der Waals surface area contributed by atoms with Crippen molar-refractivity contribution in [3.05, 3.63) is 16.6 Å². The summed E-state index contributed by atoms with van der Waals surface area (Å²) in [6.07, 6.45) is 1.35. The molecule has 102 valence electrons. The van der Waals surface area contributed by atoms with E-state index in [1.54, 1.807) is 5.51 Å². The van der Waals surface area contributed by atoms with Crippen LogP contribution in [-0.2, 0) is 6.54 Å². The lowest BCUT2D eigenvalue weighted by Gasteiger charge is -2.20. The van der Waals surface area contributed by atoms with E-state index < -0.39 is 6.10 Å². The Morgan fingerprint density at radius 1 is 1.44 bits per heavy atom. The molecule has 2 amide bonds. The largest absolute Gasteiger partial charge is 0.391 e. The molecule has 0 saturated heterocycles. The second kappa shape index (κ2) is 8.05. The molecule has 3 N–H and O–H groups in total. The molecule has 0 radical (unpaired) electrons. The zero-order valence-electron chi connectivity index (χ0n) is 10.8. The normalized spacial score (nSPS) is 12.4. The number of nitrogens with zero attached hydrogens (tertiary/aromatic N) is 1. The van der Waals surface area contributed by atoms with Gasteiger partial charge in [-0.2, -0.15) is 0 Å². The van der Waals surface area contributed by atoms with Crippen molar-refractivity contribution in [2.75, 3.05) is 6.54 Å². The van der Waals surface area contributed by atoms with Gasteiger partial charge in [0.15, 0.2) is 0 Å². The highest BCUT2D eigenvalue weighted by Crippen LogP contribution is 2.12. The first-order chi connectivity index (χ1) is 8.67. The minimum Gasteiger partial charge on any atom is -0.391 e. The van der Waals surface area contributed by atoms with E-state index in [2.05, 4.69) is 15.6 Å². The van der Waals surface area contributed by atoms with E-state index in [0.29, 0.717) is 6.54 Å². The smallest absolute Gasteiger partial charge is 0.315 e. The summed E-state index contributed by atoms with van der Waals surface area (Å²) in [7, 11) is 0. The highest BCUT2D eigenvalue weighted by atomic mass is 32.1. The Morgan fingerprint density at radius 2 is 2.17 bits per heavy atom. The Morgan fingerprint density at radius 3 is 2.72 bits per heavy atom. The van der Waals surface area contributed by atoms with E-state index in [4.69, 9.17) is 0 Å². The van der Waals surface area contributed by atoms with Gasteiger partial charge in [-0.15, -0.1) is 11.3 Å². The molecule has 1 aromatic heterocycles. The number of aromatic nitrogens is 1. The summed E-state index contributed by atoms with van der Waals surface area (Å²) in [6, 6.07) is -0.270. The molecule has 1 rings (SSSR count). The number of hydrogen-bond acceptors (Lipinski definition) is 4. The Labute approximate surface area is 112 Å². The Balaban J connectivity index is 2.20. The summed E-state index contributed by atoms with van der Waals surface area (Å²) in [5.74, 6) is 0.240. The molecule has 0 aliphatic heterocycles. The Bertz CT molecular complexity index is 339. The third-order valence-corrected chi connectivity index (χ3v) is 3.61. The third kappa shape index (κ3) is 5.01. The van der Waals surface area contributed by atoms with Gasteiger partial charge in [0.05, 0.1) is 23.9 Å². The second-order valence-electron chi connectivity index (χ2n) is 4.19. The van der Waals surface area contributed by atoms with Gasteiger partial charge in [-0.05, 0) is 5.92 Å². The molecule has 0 spiro atoms. The molecule has 1 heterocycles. The van der Waals surface area contributed by atoms with Gasteiger partial charge >= 0.3 is 6.03 Å². The first-order valence-electron chi connectivity index (χ1n) is 6.24. The topological polar surface area (TPSA) is 74.2 Å². The quantitative estimate of drug-likeness (QED) is 0.707. The average Bonchev–Trinajstić information content (AvgIpc) is 2.88. The molecule has 1 atom stereocenters. The molecule has 0 aromatic carbocycles. The Hall–Kier alpha value is -1.14. The van der Waals surface area contributed by atoms with Crippen LogP contribution in [0.2, 0.25) is 0 Å². The predicted octanol–water partition coefficient (Wildman–Crippen LogP) is 1.74. The van der Waals surface area contributed by atoms with Gasteiger partial charge in [-0.3, -0.25) is 0 Å². The van der Waals surface area contributed by atoms with Crippen molar-refractivity contribution >= 4 is 17.4 Å². The fraction of sp³-hybridized carbons (Fsp3) is 0.667. The molecule has 1 aromatic rings. The number of aliphatic hydroxyl groups excluding tert-OH is 1. The number of aliphatic hydroxyl groups is 1. The summed E-state index contributed by atoms with van der Waals surface area (Å²) in [4.78, 5) is 15.5. The van der Waals surface area contributed by atoms with E-state index in [0.717, 1.165) is 18.5 Å². The number of rotatable bonds is 7. The van der Waals surface area contributed by atoms with Crippen LogP contribution in [0.4, 0.5) is 4.79 Å². The maximum atomic E-state index is 11.5. The number of nitrogens with one attached hydrogen (secondary N) is 2. The molecule has 0 fully saturated rings. The van der Waals surface area contributed by atoms with Crippen LogP contribution in [0.15, 0.2) is 10.9 Å². The maximum Gasteiger partial charge on any atom is 0.315 e. The van der Waals surface area contributed by atoms with Crippen molar-refractivity contribution in [2.45, 2.75) is 39.3 Å². The van der Waals surface area contributed by atoms with Crippen molar-refractivity contribution in [1.29, 1.82) is 0 Å². The van der Waals surface area contributed by atoms with Crippen molar-refractivity contribution < 1.29 is 9.90 Å². The summed E-state index contributed by atoms with van der Waals surface area (Å²) >= 11 is 1.50. The van der Waals surface area contributed by atoms with Crippen molar-refractivity contribution in [1.82, 2.24) is 15.6 Å². The van der Waals surface area contributed by atoms with E-state index in [1.165, 1.54) is 11.3 Å². The van der Waals surface area contributed by atoms with E-state index in [-0.39, 0.29) is 18.5 Å². The summed E-state index contributed by atoms with van der Waals surface area (Å²) in [6.45, 7) is 4.78. The summed E-state index contributed by atoms with van der Waals surface area (Å²) < 4.78 is 0. The first kappa shape index (κ1) is 14.9. The van der Waals surface area contributed by atoms with Crippen molar-refractivity contribution in [3.8, 4) is 0 Å². The van der Waals surface area contributed by atoms with E-state index in [9.17, 15) is 9.90 Å². The number of carbonyl (C=O) groups is 1. The van der Waals surface area contributed by atoms with Gasteiger partial charge in [-0.1, -0.05) is 26.7 Å². The highest BCUT2D eigenvalue weighted by Gasteiger charge is 2.15. The first-order valence-corrected chi connectivity index (χ1v) is 7.18. The average molecular weight is 271 g/mol. The van der Waals surface area contributed by atoms with Gasteiger partial charge in [0.25, 0.3) is 0 Å². The lowest BCUT2D eigenvalue weighted by molar-refractivity contribution is 0.103. The maximum absolute atomic E-state index is 11.5. The standard InChI is InChI=1S/C12H21N3O2S/c1-3-9(4-2)11(16)6-14-12(17)13-5-10-7-18-8-15-10/h7-9,11,16H,3-6H2,1-2H3,(H2,13,14,17). The lowest BCUT2D eigenvalue weighted by atomic mass is 9.97. The van der Waals surface area contributed by atoms with Crippen molar-refractivity contribution in [3.63, 3.8) is 0 Å². The van der Waals surface area contributed by atoms with E-state index in [1.807, 2.05) is 19.2 Å². The van der Waals surface area contributed by atoms with Crippen LogP contribution in [0.25, 0.3) is 0 Å². The summed E-state index contributed by atoms with van der Waals surface area (Å²) in [5, 5.41) is 17.1. The molecule has 0 aliphatic carbocycles. The van der Waals surface area contributed by atoms with Gasteiger partial charge in [0.1, 0.15) is 0 Å². The molecule has 0 aliphatic rings. The number of hydrogen-bond donors (Lipinski definition) is 3. The third-order valence-electron chi connectivity index (χ3n) is 2.98. The fourth-order valence-electron chi connectivity index (χ4n) is 1.75. The fourth-order valence-corrected chi connectivity index (χ4v) is 2.31. The monoisotopic (exact) mass is 271 g/mol. The molecule has 5 nitrogen and oxygen atoms in total. The molecular weight excluding hydrogens is 250 g/mol. The van der Waals surface area contributed by atoms with Crippen LogP contribution < -0.4 is 10.6 Å². The van der Waals surface area contributed by atoms with Crippen LogP contribution in [0, 0.1) is 5.92 Å². The van der Waals surface area contributed by atoms with Gasteiger partial charge in [0, 0.05) is 11.9 Å². The molecule has 0 bridgehead atoms. The van der Waals surface area contributed by atoms with Crippen LogP contribution >= 0.6 is 11.3 Å². The molecule has 1 unspecified atom stereocenters. The number of carbonyl (C=O) groups excluding carboxylic acids is 1. The van der Waals surface area contributed by atoms with Crippen LogP contribution in [0.5, 0.6) is 0 Å². The molecule has 0 saturated carbocycles. The highest BCUT2D eigenvalue weighted by molar-refractivity contribution is 7.07. The zero-order chi connectivity index (χ0) is 13.4. The predicted molar refractivity (Wildman–Crippen MR) is 72.4 cm³/mol. The van der Waals surface area contributed by atoms with Gasteiger partial charge in [0.2, 0.25) is 0 Å².